The zero-order valence-corrected chi connectivity index (χ0v) is 9.98. The first kappa shape index (κ1) is 16.2. The van der Waals surface area contributed by atoms with E-state index in [1.165, 1.54) is 19.3 Å². The molecular weight excluding hydrogens is 202 g/mol. The van der Waals surface area contributed by atoms with Crippen LogP contribution in [-0.2, 0) is 4.79 Å². The third kappa shape index (κ3) is 14.3. The number of unbranched alkanes of at least 4 members (excludes halogenated alkanes) is 4. The van der Waals surface area contributed by atoms with Crippen LogP contribution in [0.1, 0.15) is 38.5 Å². The van der Waals surface area contributed by atoms with Gasteiger partial charge in [0, 0.05) is 6.42 Å². The standard InChI is InChI=1S/C10H21NO2.ClH/c1-11(2)9-7-5-3-4-6-8-10(12)13;/h3-9H2,1-2H3,(H,12,13);1H. The predicted octanol–water partition coefficient (Wildman–Crippen LogP) is 2.40. The van der Waals surface area contributed by atoms with Crippen LogP contribution in [0.3, 0.4) is 0 Å². The number of hydrogen-bond donors (Lipinski definition) is 1. The van der Waals surface area contributed by atoms with E-state index in [1.54, 1.807) is 0 Å². The minimum Gasteiger partial charge on any atom is -0.481 e. The molecule has 0 amide bonds. The first-order chi connectivity index (χ1) is 6.13. The topological polar surface area (TPSA) is 40.5 Å². The van der Waals surface area contributed by atoms with Crippen molar-refractivity contribution in [3.8, 4) is 0 Å². The average Bonchev–Trinajstić information content (AvgIpc) is 2.01. The van der Waals surface area contributed by atoms with Gasteiger partial charge in [0.15, 0.2) is 0 Å². The van der Waals surface area contributed by atoms with Crippen LogP contribution in [0.15, 0.2) is 0 Å². The summed E-state index contributed by atoms with van der Waals surface area (Å²) < 4.78 is 0. The van der Waals surface area contributed by atoms with Crippen LogP contribution in [0.2, 0.25) is 0 Å². The largest absolute Gasteiger partial charge is 0.481 e. The smallest absolute Gasteiger partial charge is 0.303 e. The van der Waals surface area contributed by atoms with Crippen molar-refractivity contribution >= 4 is 18.4 Å². The van der Waals surface area contributed by atoms with Crippen molar-refractivity contribution < 1.29 is 9.90 Å². The Labute approximate surface area is 92.9 Å². The summed E-state index contributed by atoms with van der Waals surface area (Å²) in [4.78, 5) is 12.3. The van der Waals surface area contributed by atoms with E-state index in [9.17, 15) is 4.79 Å². The quantitative estimate of drug-likeness (QED) is 0.643. The van der Waals surface area contributed by atoms with E-state index >= 15 is 0 Å². The fraction of sp³-hybridized carbons (Fsp3) is 0.900. The van der Waals surface area contributed by atoms with Gasteiger partial charge >= 0.3 is 5.97 Å². The van der Waals surface area contributed by atoms with Gasteiger partial charge in [-0.3, -0.25) is 4.79 Å². The van der Waals surface area contributed by atoms with Crippen LogP contribution in [0, 0.1) is 0 Å². The molecule has 0 fully saturated rings. The summed E-state index contributed by atoms with van der Waals surface area (Å²) in [6, 6.07) is 0. The number of carboxylic acids is 1. The molecule has 0 heterocycles. The summed E-state index contributed by atoms with van der Waals surface area (Å²) in [6.45, 7) is 1.14. The Morgan fingerprint density at radius 2 is 1.57 bits per heavy atom. The van der Waals surface area contributed by atoms with E-state index in [2.05, 4.69) is 19.0 Å². The molecule has 0 unspecified atom stereocenters. The maximum Gasteiger partial charge on any atom is 0.303 e. The minimum atomic E-state index is -0.673. The molecule has 4 heteroatoms. The number of aliphatic carboxylic acids is 1. The molecule has 0 rings (SSSR count). The highest BCUT2D eigenvalue weighted by molar-refractivity contribution is 5.85. The SMILES string of the molecule is CN(C)CCCCCCCC(=O)O.Cl. The second-order valence-electron chi connectivity index (χ2n) is 3.71. The van der Waals surface area contributed by atoms with E-state index in [0.717, 1.165) is 19.4 Å². The van der Waals surface area contributed by atoms with Gasteiger partial charge in [-0.05, 0) is 33.5 Å². The molecule has 3 nitrogen and oxygen atoms in total. The van der Waals surface area contributed by atoms with Crippen molar-refractivity contribution in [2.24, 2.45) is 0 Å². The van der Waals surface area contributed by atoms with Gasteiger partial charge in [-0.15, -0.1) is 12.4 Å². The summed E-state index contributed by atoms with van der Waals surface area (Å²) in [5, 5.41) is 8.38. The summed E-state index contributed by atoms with van der Waals surface area (Å²) in [5.41, 5.74) is 0. The molecule has 0 aliphatic heterocycles. The third-order valence-corrected chi connectivity index (χ3v) is 2.00. The van der Waals surface area contributed by atoms with Gasteiger partial charge in [-0.1, -0.05) is 19.3 Å². The summed E-state index contributed by atoms with van der Waals surface area (Å²) >= 11 is 0. The monoisotopic (exact) mass is 223 g/mol. The Morgan fingerprint density at radius 3 is 2.07 bits per heavy atom. The average molecular weight is 224 g/mol. The Hall–Kier alpha value is -0.280. The molecule has 0 aliphatic carbocycles. The number of nitrogens with zero attached hydrogens (tertiary/aromatic N) is 1. The van der Waals surface area contributed by atoms with Crippen molar-refractivity contribution in [1.82, 2.24) is 4.90 Å². The van der Waals surface area contributed by atoms with E-state index in [1.807, 2.05) is 0 Å². The molecule has 0 bridgehead atoms. The number of carboxylic acid groups (broad SMARTS) is 1. The van der Waals surface area contributed by atoms with Gasteiger partial charge in [0.05, 0.1) is 0 Å². The number of halogens is 1. The molecule has 0 atom stereocenters. The lowest BCUT2D eigenvalue weighted by molar-refractivity contribution is -0.137. The molecule has 0 aliphatic rings. The maximum absolute atomic E-state index is 10.2. The van der Waals surface area contributed by atoms with E-state index in [-0.39, 0.29) is 12.4 Å². The van der Waals surface area contributed by atoms with E-state index < -0.39 is 5.97 Å². The Morgan fingerprint density at radius 1 is 1.07 bits per heavy atom. The van der Waals surface area contributed by atoms with Crippen LogP contribution >= 0.6 is 12.4 Å². The molecule has 14 heavy (non-hydrogen) atoms. The lowest BCUT2D eigenvalue weighted by Gasteiger charge is -2.08. The van der Waals surface area contributed by atoms with Gasteiger partial charge in [0.25, 0.3) is 0 Å². The van der Waals surface area contributed by atoms with Crippen LogP contribution in [0.5, 0.6) is 0 Å². The first-order valence-corrected chi connectivity index (χ1v) is 4.99. The van der Waals surface area contributed by atoms with Gasteiger partial charge < -0.3 is 10.0 Å². The van der Waals surface area contributed by atoms with E-state index in [0.29, 0.717) is 6.42 Å². The maximum atomic E-state index is 10.2. The second-order valence-corrected chi connectivity index (χ2v) is 3.71. The molecule has 0 radical (unpaired) electrons. The first-order valence-electron chi connectivity index (χ1n) is 4.99. The number of rotatable bonds is 8. The summed E-state index contributed by atoms with van der Waals surface area (Å²) in [5.74, 6) is -0.673. The third-order valence-electron chi connectivity index (χ3n) is 2.00. The van der Waals surface area contributed by atoms with Crippen LogP contribution in [-0.4, -0.2) is 36.6 Å². The number of carbonyl (C=O) groups is 1. The zero-order valence-electron chi connectivity index (χ0n) is 9.16. The van der Waals surface area contributed by atoms with Crippen LogP contribution < -0.4 is 0 Å². The van der Waals surface area contributed by atoms with Crippen molar-refractivity contribution in [2.45, 2.75) is 38.5 Å². The molecule has 86 valence electrons. The van der Waals surface area contributed by atoms with Crippen LogP contribution in [0.25, 0.3) is 0 Å². The molecule has 1 N–H and O–H groups in total. The molecule has 0 saturated carbocycles. The molecule has 0 saturated heterocycles. The molecule has 0 aromatic carbocycles. The summed E-state index contributed by atoms with van der Waals surface area (Å²) in [7, 11) is 4.15. The molecule has 0 aromatic heterocycles. The van der Waals surface area contributed by atoms with Crippen molar-refractivity contribution in [1.29, 1.82) is 0 Å². The van der Waals surface area contributed by atoms with Gasteiger partial charge in [-0.25, -0.2) is 0 Å². The Balaban J connectivity index is 0. The van der Waals surface area contributed by atoms with Gasteiger partial charge in [-0.2, -0.15) is 0 Å². The van der Waals surface area contributed by atoms with Crippen molar-refractivity contribution in [3.05, 3.63) is 0 Å². The van der Waals surface area contributed by atoms with E-state index in [4.69, 9.17) is 5.11 Å². The highest BCUT2D eigenvalue weighted by Crippen LogP contribution is 2.05. The fourth-order valence-corrected chi connectivity index (χ4v) is 1.23. The molecular formula is C10H22ClNO2. The Bertz CT molecular complexity index is 140. The van der Waals surface area contributed by atoms with Gasteiger partial charge in [0.1, 0.15) is 0 Å². The predicted molar refractivity (Wildman–Crippen MR) is 61.1 cm³/mol. The normalized spacial score (nSPS) is 9.93. The fourth-order valence-electron chi connectivity index (χ4n) is 1.23. The lowest BCUT2D eigenvalue weighted by Crippen LogP contribution is -2.12. The summed E-state index contributed by atoms with van der Waals surface area (Å²) in [6.07, 6.45) is 5.82. The lowest BCUT2D eigenvalue weighted by atomic mass is 10.1. The number of hydrogen-bond acceptors (Lipinski definition) is 2. The van der Waals surface area contributed by atoms with Crippen molar-refractivity contribution in [3.63, 3.8) is 0 Å². The second kappa shape index (κ2) is 10.8. The highest BCUT2D eigenvalue weighted by Gasteiger charge is 1.96. The van der Waals surface area contributed by atoms with Crippen LogP contribution in [0.4, 0.5) is 0 Å². The molecule has 0 spiro atoms. The highest BCUT2D eigenvalue weighted by atomic mass is 35.5. The van der Waals surface area contributed by atoms with Crippen molar-refractivity contribution in [2.75, 3.05) is 20.6 Å². The molecule has 0 aromatic rings. The zero-order chi connectivity index (χ0) is 10.1. The van der Waals surface area contributed by atoms with Gasteiger partial charge in [0.2, 0.25) is 0 Å². The Kier molecular flexibility index (Phi) is 12.5. The minimum absolute atomic E-state index is 0.